The summed E-state index contributed by atoms with van der Waals surface area (Å²) in [6, 6.07) is 2.54. The second kappa shape index (κ2) is 7.65. The van der Waals surface area contributed by atoms with Crippen molar-refractivity contribution in [2.24, 2.45) is 0 Å². The van der Waals surface area contributed by atoms with Gasteiger partial charge in [-0.25, -0.2) is 9.97 Å². The molecule has 84 valence electrons. The van der Waals surface area contributed by atoms with Crippen LogP contribution < -0.4 is 5.32 Å². The Morgan fingerprint density at radius 1 is 1.47 bits per heavy atom. The molecule has 4 heteroatoms. The van der Waals surface area contributed by atoms with Crippen LogP contribution in [0.1, 0.15) is 26.7 Å². The molecule has 0 radical (unpaired) electrons. The van der Waals surface area contributed by atoms with Crippen LogP contribution in [0.5, 0.6) is 0 Å². The summed E-state index contributed by atoms with van der Waals surface area (Å²) in [7, 11) is 0. The fourth-order valence-electron chi connectivity index (χ4n) is 1.22. The van der Waals surface area contributed by atoms with Crippen LogP contribution in [0, 0.1) is 0 Å². The minimum Gasteiger partial charge on any atom is -0.313 e. The highest BCUT2D eigenvalue weighted by atomic mass is 32.2. The molecule has 0 fully saturated rings. The number of nitrogens with one attached hydrogen (secondary N) is 1. The Hall–Kier alpha value is -0.610. The molecular weight excluding hydrogens is 206 g/mol. The van der Waals surface area contributed by atoms with Crippen LogP contribution in [0.2, 0.25) is 0 Å². The maximum atomic E-state index is 4.19. The van der Waals surface area contributed by atoms with Crippen molar-refractivity contribution in [3.05, 3.63) is 18.6 Å². The molecule has 0 aromatic carbocycles. The number of hydrogen-bond acceptors (Lipinski definition) is 4. The summed E-state index contributed by atoms with van der Waals surface area (Å²) in [6.45, 7) is 5.51. The van der Waals surface area contributed by atoms with E-state index in [9.17, 15) is 0 Å². The van der Waals surface area contributed by atoms with Crippen LogP contribution in [0.3, 0.4) is 0 Å². The van der Waals surface area contributed by atoms with Crippen molar-refractivity contribution in [3.63, 3.8) is 0 Å². The molecule has 15 heavy (non-hydrogen) atoms. The zero-order valence-corrected chi connectivity index (χ0v) is 10.3. The third-order valence-electron chi connectivity index (χ3n) is 2.16. The predicted octanol–water partition coefficient (Wildman–Crippen LogP) is 2.35. The Labute approximate surface area is 96.1 Å². The van der Waals surface area contributed by atoms with E-state index in [0.717, 1.165) is 23.7 Å². The molecule has 0 aliphatic rings. The fraction of sp³-hybridized carbons (Fsp3) is 0.636. The van der Waals surface area contributed by atoms with Crippen molar-refractivity contribution in [1.29, 1.82) is 0 Å². The first-order valence-corrected chi connectivity index (χ1v) is 6.47. The van der Waals surface area contributed by atoms with Crippen LogP contribution in [0.15, 0.2) is 23.6 Å². The largest absolute Gasteiger partial charge is 0.313 e. The van der Waals surface area contributed by atoms with Crippen LogP contribution in [-0.2, 0) is 0 Å². The van der Waals surface area contributed by atoms with Gasteiger partial charge in [0.2, 0.25) is 0 Å². The molecule has 0 bridgehead atoms. The van der Waals surface area contributed by atoms with Gasteiger partial charge in [0.25, 0.3) is 0 Å². The van der Waals surface area contributed by atoms with E-state index in [1.54, 1.807) is 24.3 Å². The van der Waals surface area contributed by atoms with E-state index < -0.39 is 0 Å². The average Bonchev–Trinajstić information content (AvgIpc) is 2.31. The van der Waals surface area contributed by atoms with Gasteiger partial charge in [0.05, 0.1) is 5.03 Å². The summed E-state index contributed by atoms with van der Waals surface area (Å²) in [5, 5.41) is 4.58. The Balaban J connectivity index is 2.28. The average molecular weight is 225 g/mol. The lowest BCUT2D eigenvalue weighted by molar-refractivity contribution is 0.539. The fourth-order valence-corrected chi connectivity index (χ4v) is 2.22. The first kappa shape index (κ1) is 12.5. The molecule has 3 nitrogen and oxygen atoms in total. The predicted molar refractivity (Wildman–Crippen MR) is 65.1 cm³/mol. The monoisotopic (exact) mass is 225 g/mol. The molecule has 1 rings (SSSR count). The molecule has 1 atom stereocenters. The van der Waals surface area contributed by atoms with Crippen molar-refractivity contribution >= 4 is 11.8 Å². The second-order valence-electron chi connectivity index (χ2n) is 3.42. The van der Waals surface area contributed by atoms with Gasteiger partial charge < -0.3 is 5.32 Å². The van der Waals surface area contributed by atoms with Gasteiger partial charge in [0.1, 0.15) is 6.33 Å². The first-order valence-electron chi connectivity index (χ1n) is 5.49. The number of hydrogen-bond donors (Lipinski definition) is 1. The summed E-state index contributed by atoms with van der Waals surface area (Å²) in [6.07, 6.45) is 5.74. The number of rotatable bonds is 7. The molecule has 1 aromatic rings. The van der Waals surface area contributed by atoms with E-state index in [4.69, 9.17) is 0 Å². The smallest absolute Gasteiger partial charge is 0.116 e. The first-order chi connectivity index (χ1) is 7.36. The van der Waals surface area contributed by atoms with Gasteiger partial charge in [0, 0.05) is 18.0 Å². The summed E-state index contributed by atoms with van der Waals surface area (Å²) in [5.41, 5.74) is 0. The van der Waals surface area contributed by atoms with Gasteiger partial charge in [-0.1, -0.05) is 13.8 Å². The maximum absolute atomic E-state index is 4.19. The van der Waals surface area contributed by atoms with Crippen LogP contribution >= 0.6 is 11.8 Å². The van der Waals surface area contributed by atoms with Crippen LogP contribution in [0.25, 0.3) is 0 Å². The van der Waals surface area contributed by atoms with Gasteiger partial charge in [-0.05, 0) is 25.5 Å². The quantitative estimate of drug-likeness (QED) is 0.571. The van der Waals surface area contributed by atoms with Gasteiger partial charge >= 0.3 is 0 Å². The highest BCUT2D eigenvalue weighted by molar-refractivity contribution is 7.99. The zero-order valence-electron chi connectivity index (χ0n) is 9.44. The molecular formula is C11H19N3S. The van der Waals surface area contributed by atoms with Gasteiger partial charge in [-0.3, -0.25) is 0 Å². The third kappa shape index (κ3) is 5.14. The molecule has 1 aromatic heterocycles. The normalized spacial score (nSPS) is 12.7. The SMILES string of the molecule is CCCNC(CC)CSc1ccncn1. The van der Waals surface area contributed by atoms with Gasteiger partial charge in [0.15, 0.2) is 0 Å². The Bertz CT molecular complexity index is 253. The number of nitrogens with zero attached hydrogens (tertiary/aromatic N) is 2. The minimum atomic E-state index is 0.588. The molecule has 0 amide bonds. The summed E-state index contributed by atoms with van der Waals surface area (Å²) in [4.78, 5) is 8.09. The highest BCUT2D eigenvalue weighted by Gasteiger charge is 2.05. The topological polar surface area (TPSA) is 37.8 Å². The summed E-state index contributed by atoms with van der Waals surface area (Å²) >= 11 is 1.79. The van der Waals surface area contributed by atoms with E-state index in [1.807, 2.05) is 6.07 Å². The van der Waals surface area contributed by atoms with Gasteiger partial charge in [-0.15, -0.1) is 11.8 Å². The molecule has 0 spiro atoms. The highest BCUT2D eigenvalue weighted by Crippen LogP contribution is 2.15. The molecule has 0 saturated carbocycles. The van der Waals surface area contributed by atoms with Crippen molar-refractivity contribution in [1.82, 2.24) is 15.3 Å². The van der Waals surface area contributed by atoms with E-state index >= 15 is 0 Å². The molecule has 1 heterocycles. The van der Waals surface area contributed by atoms with Crippen molar-refractivity contribution < 1.29 is 0 Å². The van der Waals surface area contributed by atoms with E-state index in [2.05, 4.69) is 29.1 Å². The number of aromatic nitrogens is 2. The van der Waals surface area contributed by atoms with Crippen LogP contribution in [-0.4, -0.2) is 28.3 Å². The standard InChI is InChI=1S/C11H19N3S/c1-3-6-13-10(4-2)8-15-11-5-7-12-9-14-11/h5,7,9-10,13H,3-4,6,8H2,1-2H3. The second-order valence-corrected chi connectivity index (χ2v) is 4.46. The number of thioether (sulfide) groups is 1. The Morgan fingerprint density at radius 3 is 2.93 bits per heavy atom. The third-order valence-corrected chi connectivity index (χ3v) is 3.27. The lowest BCUT2D eigenvalue weighted by atomic mass is 10.2. The summed E-state index contributed by atoms with van der Waals surface area (Å²) in [5.74, 6) is 1.08. The van der Waals surface area contributed by atoms with Crippen molar-refractivity contribution in [2.75, 3.05) is 12.3 Å². The minimum absolute atomic E-state index is 0.588. The van der Waals surface area contributed by atoms with E-state index in [-0.39, 0.29) is 0 Å². The van der Waals surface area contributed by atoms with Crippen molar-refractivity contribution in [2.45, 2.75) is 37.8 Å². The molecule has 1 unspecified atom stereocenters. The Kier molecular flexibility index (Phi) is 6.36. The molecule has 0 aliphatic heterocycles. The molecule has 1 N–H and O–H groups in total. The van der Waals surface area contributed by atoms with Crippen molar-refractivity contribution in [3.8, 4) is 0 Å². The maximum Gasteiger partial charge on any atom is 0.116 e. The lowest BCUT2D eigenvalue weighted by Crippen LogP contribution is -2.31. The van der Waals surface area contributed by atoms with Gasteiger partial charge in [-0.2, -0.15) is 0 Å². The van der Waals surface area contributed by atoms with E-state index in [1.165, 1.54) is 6.42 Å². The molecule has 0 aliphatic carbocycles. The Morgan fingerprint density at radius 2 is 2.33 bits per heavy atom. The van der Waals surface area contributed by atoms with Crippen LogP contribution in [0.4, 0.5) is 0 Å². The zero-order chi connectivity index (χ0) is 10.9. The molecule has 0 saturated heterocycles. The lowest BCUT2D eigenvalue weighted by Gasteiger charge is -2.15. The van der Waals surface area contributed by atoms with E-state index in [0.29, 0.717) is 6.04 Å². The summed E-state index contributed by atoms with van der Waals surface area (Å²) < 4.78 is 0.